The van der Waals surface area contributed by atoms with E-state index in [1.54, 1.807) is 31.2 Å². The Balaban J connectivity index is 2.30. The zero-order chi connectivity index (χ0) is 22.8. The molecule has 1 amide bonds. The molecule has 0 fully saturated rings. The minimum absolute atomic E-state index is 0.0715. The van der Waals surface area contributed by atoms with Crippen LogP contribution in [0.25, 0.3) is 6.08 Å². The predicted octanol–water partition coefficient (Wildman–Crippen LogP) is 4.64. The Kier molecular flexibility index (Phi) is 9.10. The first-order chi connectivity index (χ1) is 14.9. The molecule has 31 heavy (non-hydrogen) atoms. The van der Waals surface area contributed by atoms with E-state index in [1.807, 2.05) is 32.0 Å². The highest BCUT2D eigenvalue weighted by atomic mass is 79.9. The van der Waals surface area contributed by atoms with Crippen molar-refractivity contribution in [1.29, 1.82) is 5.26 Å². The van der Waals surface area contributed by atoms with Crippen molar-refractivity contribution in [3.63, 3.8) is 0 Å². The fourth-order valence-electron chi connectivity index (χ4n) is 2.63. The number of benzene rings is 2. The number of esters is 1. The summed E-state index contributed by atoms with van der Waals surface area (Å²) in [4.78, 5) is 24.2. The zero-order valence-corrected chi connectivity index (χ0v) is 19.1. The van der Waals surface area contributed by atoms with Crippen LogP contribution < -0.4 is 14.8 Å². The number of para-hydroxylation sites is 1. The van der Waals surface area contributed by atoms with Crippen LogP contribution in [-0.2, 0) is 14.3 Å². The van der Waals surface area contributed by atoms with Crippen molar-refractivity contribution in [3.8, 4) is 17.6 Å². The monoisotopic (exact) mass is 486 g/mol. The molecule has 0 unspecified atom stereocenters. The van der Waals surface area contributed by atoms with Gasteiger partial charge in [0.25, 0.3) is 5.91 Å². The molecule has 1 N–H and O–H groups in total. The van der Waals surface area contributed by atoms with E-state index in [9.17, 15) is 14.9 Å². The summed E-state index contributed by atoms with van der Waals surface area (Å²) in [7, 11) is 0. The maximum Gasteiger partial charge on any atom is 0.344 e. The second kappa shape index (κ2) is 11.8. The van der Waals surface area contributed by atoms with Gasteiger partial charge in [0.15, 0.2) is 18.1 Å². The highest BCUT2D eigenvalue weighted by molar-refractivity contribution is 9.10. The van der Waals surface area contributed by atoms with Crippen LogP contribution in [0.5, 0.6) is 11.5 Å². The molecule has 0 saturated carbocycles. The SMILES string of the molecule is CCOC(=O)COc1c(Br)cc(/C=C(\C#N)C(=O)Nc2ccccc2C)cc1OCC. The molecule has 0 radical (unpaired) electrons. The zero-order valence-electron chi connectivity index (χ0n) is 17.5. The molecule has 0 aliphatic heterocycles. The van der Waals surface area contributed by atoms with Crippen molar-refractivity contribution < 1.29 is 23.8 Å². The van der Waals surface area contributed by atoms with Gasteiger partial charge in [0.1, 0.15) is 11.6 Å². The Morgan fingerprint density at radius 3 is 2.55 bits per heavy atom. The van der Waals surface area contributed by atoms with E-state index in [1.165, 1.54) is 6.08 Å². The molecule has 0 bridgehead atoms. The Hall–Kier alpha value is -3.31. The maximum absolute atomic E-state index is 12.6. The summed E-state index contributed by atoms with van der Waals surface area (Å²) in [6.07, 6.45) is 1.45. The standard InChI is InChI=1S/C23H23BrN2O5/c1-4-29-20-12-16(11-18(24)22(20)31-14-21(27)30-5-2)10-17(13-25)23(28)26-19-9-7-6-8-15(19)3/h6-12H,4-5,14H2,1-3H3,(H,26,28)/b17-10+. The highest BCUT2D eigenvalue weighted by Crippen LogP contribution is 2.37. The number of hydrogen-bond acceptors (Lipinski definition) is 6. The van der Waals surface area contributed by atoms with Crippen molar-refractivity contribution in [2.75, 3.05) is 25.1 Å². The van der Waals surface area contributed by atoms with E-state index in [4.69, 9.17) is 14.2 Å². The quantitative estimate of drug-likeness (QED) is 0.314. The average molecular weight is 487 g/mol. The molecule has 7 nitrogen and oxygen atoms in total. The number of aryl methyl sites for hydroxylation is 1. The number of anilines is 1. The van der Waals surface area contributed by atoms with Crippen molar-refractivity contribution >= 4 is 39.6 Å². The molecule has 2 aromatic carbocycles. The van der Waals surface area contributed by atoms with Crippen LogP contribution in [-0.4, -0.2) is 31.7 Å². The molecular formula is C23H23BrN2O5. The largest absolute Gasteiger partial charge is 0.490 e. The summed E-state index contributed by atoms with van der Waals surface area (Å²) in [5, 5.41) is 12.2. The lowest BCUT2D eigenvalue weighted by Crippen LogP contribution is -2.15. The number of amides is 1. The van der Waals surface area contributed by atoms with Crippen LogP contribution in [0.15, 0.2) is 46.4 Å². The van der Waals surface area contributed by atoms with Crippen molar-refractivity contribution in [3.05, 3.63) is 57.6 Å². The van der Waals surface area contributed by atoms with E-state index in [-0.39, 0.29) is 18.8 Å². The van der Waals surface area contributed by atoms with Crippen molar-refractivity contribution in [1.82, 2.24) is 0 Å². The summed E-state index contributed by atoms with van der Waals surface area (Å²) in [5.74, 6) is -0.326. The Labute approximate surface area is 189 Å². The van der Waals surface area contributed by atoms with Gasteiger partial charge in [0, 0.05) is 5.69 Å². The third kappa shape index (κ3) is 6.86. The van der Waals surface area contributed by atoms with E-state index in [2.05, 4.69) is 21.2 Å². The fraction of sp³-hybridized carbons (Fsp3) is 0.261. The Morgan fingerprint density at radius 2 is 1.90 bits per heavy atom. The Bertz CT molecular complexity index is 1030. The minimum atomic E-state index is -0.520. The molecule has 0 spiro atoms. The lowest BCUT2D eigenvalue weighted by molar-refractivity contribution is -0.145. The van der Waals surface area contributed by atoms with Gasteiger partial charge in [0.2, 0.25) is 0 Å². The molecule has 2 rings (SSSR count). The van der Waals surface area contributed by atoms with Crippen molar-refractivity contribution in [2.24, 2.45) is 0 Å². The number of ether oxygens (including phenoxy) is 3. The molecule has 8 heteroatoms. The number of halogens is 1. The van der Waals surface area contributed by atoms with E-state index >= 15 is 0 Å². The van der Waals surface area contributed by atoms with Gasteiger partial charge in [0.05, 0.1) is 17.7 Å². The molecule has 0 heterocycles. The second-order valence-corrected chi connectivity index (χ2v) is 7.15. The lowest BCUT2D eigenvalue weighted by atomic mass is 10.1. The number of hydrogen-bond donors (Lipinski definition) is 1. The highest BCUT2D eigenvalue weighted by Gasteiger charge is 2.16. The molecule has 0 atom stereocenters. The van der Waals surface area contributed by atoms with Gasteiger partial charge in [-0.1, -0.05) is 18.2 Å². The number of nitriles is 1. The number of carbonyl (C=O) groups is 2. The van der Waals surface area contributed by atoms with Gasteiger partial charge in [-0.05, 0) is 72.1 Å². The molecular weight excluding hydrogens is 464 g/mol. The van der Waals surface area contributed by atoms with Crippen molar-refractivity contribution in [2.45, 2.75) is 20.8 Å². The smallest absolute Gasteiger partial charge is 0.344 e. The van der Waals surface area contributed by atoms with Gasteiger partial charge < -0.3 is 19.5 Å². The van der Waals surface area contributed by atoms with Crippen LogP contribution >= 0.6 is 15.9 Å². The number of nitrogens with zero attached hydrogens (tertiary/aromatic N) is 1. The molecule has 0 saturated heterocycles. The molecule has 2 aromatic rings. The summed E-state index contributed by atoms with van der Waals surface area (Å²) in [5.41, 5.74) is 2.00. The van der Waals surface area contributed by atoms with Crippen LogP contribution in [0.4, 0.5) is 5.69 Å². The normalized spacial score (nSPS) is 10.7. The predicted molar refractivity (Wildman–Crippen MR) is 121 cm³/mol. The van der Waals surface area contributed by atoms with Gasteiger partial charge in [-0.15, -0.1) is 0 Å². The van der Waals surface area contributed by atoms with Crippen LogP contribution in [0.1, 0.15) is 25.0 Å². The molecule has 162 valence electrons. The van der Waals surface area contributed by atoms with E-state index < -0.39 is 11.9 Å². The van der Waals surface area contributed by atoms with E-state index in [0.29, 0.717) is 33.8 Å². The lowest BCUT2D eigenvalue weighted by Gasteiger charge is -2.14. The van der Waals surface area contributed by atoms with Crippen LogP contribution in [0, 0.1) is 18.3 Å². The molecule has 0 aromatic heterocycles. The molecule has 0 aliphatic carbocycles. The summed E-state index contributed by atoms with van der Waals surface area (Å²) in [6, 6.07) is 12.5. The van der Waals surface area contributed by atoms with Gasteiger partial charge in [-0.2, -0.15) is 5.26 Å². The Morgan fingerprint density at radius 1 is 1.16 bits per heavy atom. The number of rotatable bonds is 9. The summed E-state index contributed by atoms with van der Waals surface area (Å²) < 4.78 is 16.5. The third-order valence-corrected chi connectivity index (χ3v) is 4.63. The van der Waals surface area contributed by atoms with Crippen LogP contribution in [0.2, 0.25) is 0 Å². The minimum Gasteiger partial charge on any atom is -0.490 e. The third-order valence-electron chi connectivity index (χ3n) is 4.04. The summed E-state index contributed by atoms with van der Waals surface area (Å²) in [6.45, 7) is 5.72. The maximum atomic E-state index is 12.6. The van der Waals surface area contributed by atoms with E-state index in [0.717, 1.165) is 5.56 Å². The van der Waals surface area contributed by atoms with Gasteiger partial charge in [-0.3, -0.25) is 4.79 Å². The van der Waals surface area contributed by atoms with Crippen LogP contribution in [0.3, 0.4) is 0 Å². The average Bonchev–Trinajstić information content (AvgIpc) is 2.73. The second-order valence-electron chi connectivity index (χ2n) is 6.30. The topological polar surface area (TPSA) is 97.7 Å². The molecule has 0 aliphatic rings. The number of carbonyl (C=O) groups excluding carboxylic acids is 2. The first-order valence-electron chi connectivity index (χ1n) is 9.63. The van der Waals surface area contributed by atoms with Gasteiger partial charge in [-0.25, -0.2) is 4.79 Å². The summed E-state index contributed by atoms with van der Waals surface area (Å²) >= 11 is 3.40. The fourth-order valence-corrected chi connectivity index (χ4v) is 3.20. The first-order valence-corrected chi connectivity index (χ1v) is 10.4. The van der Waals surface area contributed by atoms with Gasteiger partial charge >= 0.3 is 5.97 Å². The number of nitrogens with one attached hydrogen (secondary N) is 1. The first kappa shape index (κ1) is 24.0.